The predicted octanol–water partition coefficient (Wildman–Crippen LogP) is 2.29. The van der Waals surface area contributed by atoms with Crippen molar-refractivity contribution in [2.24, 2.45) is 0 Å². The number of nitrogens with one attached hydrogen (secondary N) is 3. The maximum absolute atomic E-state index is 9.22. The second-order valence-corrected chi connectivity index (χ2v) is 1.83. The average molecular weight is 711 g/mol. The Labute approximate surface area is 95.1 Å². The Bertz CT molecular complexity index is 130. The van der Waals surface area contributed by atoms with Crippen molar-refractivity contribution in [3.63, 3.8) is 0 Å². The molecule has 0 saturated carbocycles. The van der Waals surface area contributed by atoms with Gasteiger partial charge < -0.3 is 21.1 Å². The molecule has 0 spiro atoms. The molecule has 11 heteroatoms. The standard InChI is InChI=1S/3Ir.H3N3OP.3N/c;;;1-5(2,3)4;;;/h;;;(H3-3,1,2,3,4);;;/q3*+1;-3;;;. The van der Waals surface area contributed by atoms with Gasteiger partial charge in [0.25, 0.3) is 0 Å². The van der Waals surface area contributed by atoms with Gasteiger partial charge in [0.05, 0.1) is 0 Å². The Balaban J connectivity index is -0.0000000350. The van der Waals surface area contributed by atoms with Gasteiger partial charge in [-0.3, -0.25) is 0 Å². The molecule has 0 rings (SSSR count). The quantitative estimate of drug-likeness (QED) is 0.353. The molecule has 0 saturated heterocycles. The van der Waals surface area contributed by atoms with Crippen molar-refractivity contribution in [1.29, 1.82) is 11.5 Å². The van der Waals surface area contributed by atoms with E-state index in [-0.39, 0.29) is 0 Å². The van der Waals surface area contributed by atoms with Crippen molar-refractivity contribution in [3.05, 3.63) is 16.5 Å². The molecule has 71 valence electrons. The van der Waals surface area contributed by atoms with Crippen LogP contribution in [-0.4, -0.2) is 0 Å². The van der Waals surface area contributed by atoms with Crippen molar-refractivity contribution in [3.8, 4) is 0 Å². The normalized spacial score (nSPS) is 6.18. The van der Waals surface area contributed by atoms with Crippen LogP contribution in [0, 0.1) is 11.5 Å². The van der Waals surface area contributed by atoms with Gasteiger partial charge in [0, 0.05) is 0 Å². The zero-order valence-electron chi connectivity index (χ0n) is 4.70. The third-order valence-electron chi connectivity index (χ3n) is 0. The zero-order valence-corrected chi connectivity index (χ0v) is 12.8. The van der Waals surface area contributed by atoms with Crippen LogP contribution in [0.4, 0.5) is 0 Å². The molecule has 0 atom stereocenters. The monoisotopic (exact) mass is 713 g/mol. The van der Waals surface area contributed by atoms with Crippen LogP contribution < -0.4 is 0 Å². The van der Waals surface area contributed by atoms with Crippen LogP contribution in [0.5, 0.6) is 0 Å². The second kappa shape index (κ2) is 22.5. The first-order valence-electron chi connectivity index (χ1n) is 1.30. The Morgan fingerprint density at radius 3 is 0.818 bits per heavy atom. The van der Waals surface area contributed by atoms with Gasteiger partial charge in [-0.2, -0.15) is 0 Å². The third kappa shape index (κ3) is 669. The molecule has 0 aromatic heterocycles. The van der Waals surface area contributed by atoms with Crippen LogP contribution in [0.2, 0.25) is 0 Å². The summed E-state index contributed by atoms with van der Waals surface area (Å²) in [5, 5.41) is 0. The molecule has 0 aromatic carbocycles. The van der Waals surface area contributed by atoms with E-state index in [1.165, 1.54) is 0 Å². The van der Waals surface area contributed by atoms with Crippen LogP contribution in [0.1, 0.15) is 0 Å². The van der Waals surface area contributed by atoms with Gasteiger partial charge in [0.2, 0.25) is 0 Å². The van der Waals surface area contributed by atoms with Gasteiger partial charge in [-0.15, -0.1) is 0 Å². The number of hydrogen-bond acceptors (Lipinski definition) is 4. The first-order chi connectivity index (χ1) is 5.00. The molecule has 0 heterocycles. The molecule has 0 aliphatic heterocycles. The van der Waals surface area contributed by atoms with Gasteiger partial charge in [-0.05, 0) is 0 Å². The maximum atomic E-state index is 9.22. The van der Waals surface area contributed by atoms with E-state index >= 15 is 0 Å². The van der Waals surface area contributed by atoms with Crippen molar-refractivity contribution in [2.75, 3.05) is 0 Å². The zero-order chi connectivity index (χ0) is 10.5. The van der Waals surface area contributed by atoms with E-state index in [0.717, 1.165) is 55.6 Å². The van der Waals surface area contributed by atoms with E-state index in [4.69, 9.17) is 28.0 Å². The van der Waals surface area contributed by atoms with E-state index in [1.54, 1.807) is 0 Å². The molecule has 0 amide bonds. The first-order valence-corrected chi connectivity index (χ1v) is 6.22. The summed E-state index contributed by atoms with van der Waals surface area (Å²) >= 11 is 3.00. The van der Waals surface area contributed by atoms with E-state index in [2.05, 4.69) is 0 Å². The first kappa shape index (κ1) is 22.8. The minimum atomic E-state index is -3.89. The molecule has 0 fully saturated rings. The van der Waals surface area contributed by atoms with Gasteiger partial charge >= 0.3 is 67.1 Å². The fraction of sp³-hybridized carbons (Fsp3) is 0. The Morgan fingerprint density at radius 1 is 0.818 bits per heavy atom. The molecular weight excluding hydrogens is 708 g/mol. The van der Waals surface area contributed by atoms with E-state index in [9.17, 15) is 4.57 Å². The molecule has 7 nitrogen and oxygen atoms in total. The summed E-state index contributed by atoms with van der Waals surface area (Å²) < 4.78 is 30.2. The summed E-state index contributed by atoms with van der Waals surface area (Å²) in [5.41, 5.74) is 17.5. The molecule has 0 bridgehead atoms. The van der Waals surface area contributed by atoms with Crippen LogP contribution in [0.15, 0.2) is 0 Å². The molecule has 3 N–H and O–H groups in total. The predicted molar refractivity (Wildman–Crippen MR) is 25.7 cm³/mol. The Kier molecular flexibility index (Phi) is 46.5. The summed E-state index contributed by atoms with van der Waals surface area (Å²) in [4.78, 5) is 0. The fourth-order valence-corrected chi connectivity index (χ4v) is 0. The summed E-state index contributed by atoms with van der Waals surface area (Å²) in [6, 6.07) is 0. The molecule has 0 radical (unpaired) electrons. The number of hydrogen-bond donors (Lipinski definition) is 0. The van der Waals surface area contributed by atoms with Gasteiger partial charge in [-0.25, -0.2) is 7.59 Å². The molecule has 11 heavy (non-hydrogen) atoms. The van der Waals surface area contributed by atoms with Crippen LogP contribution in [-0.2, 0) is 60.2 Å². The molecular formula is H3Ir3N6OP. The average Bonchev–Trinajstić information content (AvgIpc) is 1.96. The Hall–Kier alpha value is 1.19. The summed E-state index contributed by atoms with van der Waals surface area (Å²) in [5.74, 6) is 0. The third-order valence-corrected chi connectivity index (χ3v) is 0. The fourth-order valence-electron chi connectivity index (χ4n) is 0. The minimum absolute atomic E-state index is 1.00. The molecule has 0 unspecified atom stereocenters. The topological polar surface area (TPSA) is 160 Å². The summed E-state index contributed by atoms with van der Waals surface area (Å²) in [6.07, 6.45) is 0. The van der Waals surface area contributed by atoms with Crippen molar-refractivity contribution < 1.29 is 60.2 Å². The van der Waals surface area contributed by atoms with Crippen molar-refractivity contribution in [1.82, 2.24) is 0 Å². The van der Waals surface area contributed by atoms with Gasteiger partial charge in [-0.1, -0.05) is 0 Å². The van der Waals surface area contributed by atoms with Gasteiger partial charge in [0.1, 0.15) is 0 Å². The summed E-state index contributed by atoms with van der Waals surface area (Å²) in [7, 11) is -3.89. The molecule has 0 aromatic rings. The second-order valence-electron chi connectivity index (χ2n) is 0.609. The van der Waals surface area contributed by atoms with E-state index in [1.807, 2.05) is 0 Å². The number of nitrogens with zero attached hydrogens (tertiary/aromatic N) is 3. The van der Waals surface area contributed by atoms with Crippen molar-refractivity contribution in [2.45, 2.75) is 0 Å². The Morgan fingerprint density at radius 2 is 0.818 bits per heavy atom. The summed E-state index contributed by atoms with van der Waals surface area (Å²) in [6.45, 7) is 0. The number of rotatable bonds is 0. The van der Waals surface area contributed by atoms with E-state index in [0.29, 0.717) is 0 Å². The van der Waals surface area contributed by atoms with Crippen LogP contribution >= 0.6 is 7.59 Å². The molecule has 0 aliphatic rings. The van der Waals surface area contributed by atoms with Crippen LogP contribution in [0.25, 0.3) is 16.5 Å². The van der Waals surface area contributed by atoms with Gasteiger partial charge in [0.15, 0.2) is 0 Å². The van der Waals surface area contributed by atoms with Crippen molar-refractivity contribution >= 4 is 7.59 Å². The SMILES string of the molecule is [NH-]P([NH-])([NH-])=O.[N]#[Ir+].[N]#[Ir+].[N]#[Ir+]. The molecule has 0 aliphatic carbocycles. The van der Waals surface area contributed by atoms with Crippen LogP contribution in [0.3, 0.4) is 0 Å². The van der Waals surface area contributed by atoms with E-state index < -0.39 is 7.59 Å².